The Kier molecular flexibility index (Phi) is 6.02. The van der Waals surface area contributed by atoms with Crippen molar-refractivity contribution in [2.75, 3.05) is 43.6 Å². The summed E-state index contributed by atoms with van der Waals surface area (Å²) < 4.78 is 17.9. The fourth-order valence-electron chi connectivity index (χ4n) is 3.44. The smallest absolute Gasteiger partial charge is 0.269 e. The van der Waals surface area contributed by atoms with Crippen LogP contribution < -0.4 is 19.7 Å². The number of ether oxygens (including phenoxy) is 3. The molecule has 3 aromatic rings. The van der Waals surface area contributed by atoms with Crippen molar-refractivity contribution in [2.24, 2.45) is 0 Å². The zero-order chi connectivity index (χ0) is 22.0. The van der Waals surface area contributed by atoms with Gasteiger partial charge in [-0.1, -0.05) is 29.0 Å². The first-order valence-corrected chi connectivity index (χ1v) is 11.1. The first-order chi connectivity index (χ1) is 14.9. The maximum absolute atomic E-state index is 13.0. The van der Waals surface area contributed by atoms with Gasteiger partial charge in [0, 0.05) is 13.1 Å². The number of methoxy groups -OCH3 is 1. The number of fused-ring (bicyclic) bond motifs is 1. The largest absolute Gasteiger partial charge is 0.494 e. The zero-order valence-corrected chi connectivity index (χ0v) is 19.0. The molecule has 164 valence electrons. The lowest BCUT2D eigenvalue weighted by Gasteiger charge is -2.29. The van der Waals surface area contributed by atoms with E-state index in [0.29, 0.717) is 29.8 Å². The van der Waals surface area contributed by atoms with Crippen molar-refractivity contribution >= 4 is 38.3 Å². The van der Waals surface area contributed by atoms with Gasteiger partial charge in [-0.3, -0.25) is 10.1 Å². The van der Waals surface area contributed by atoms with Gasteiger partial charge in [-0.25, -0.2) is 4.98 Å². The van der Waals surface area contributed by atoms with Gasteiger partial charge in [-0.15, -0.1) is 0 Å². The van der Waals surface area contributed by atoms with Crippen LogP contribution in [0.5, 0.6) is 11.5 Å². The predicted molar refractivity (Wildman–Crippen MR) is 124 cm³/mol. The molecule has 4 rings (SSSR count). The number of morpholine rings is 1. The van der Waals surface area contributed by atoms with E-state index >= 15 is 0 Å². The molecule has 2 heterocycles. The second-order valence-corrected chi connectivity index (χ2v) is 8.96. The third-order valence-electron chi connectivity index (χ3n) is 5.22. The molecule has 31 heavy (non-hydrogen) atoms. The van der Waals surface area contributed by atoms with Crippen LogP contribution >= 0.6 is 11.3 Å². The van der Waals surface area contributed by atoms with E-state index in [0.717, 1.165) is 34.6 Å². The average Bonchev–Trinajstić information content (AvgIpc) is 3.18. The summed E-state index contributed by atoms with van der Waals surface area (Å²) in [5.41, 5.74) is 1.88. The lowest BCUT2D eigenvalue weighted by molar-refractivity contribution is -0.128. The Morgan fingerprint density at radius 1 is 1.16 bits per heavy atom. The number of hydrogen-bond acceptors (Lipinski definition) is 7. The van der Waals surface area contributed by atoms with E-state index in [1.54, 1.807) is 21.0 Å². The topological polar surface area (TPSA) is 72.9 Å². The molecular weight excluding hydrogens is 414 g/mol. The highest BCUT2D eigenvalue weighted by Gasteiger charge is 2.31. The van der Waals surface area contributed by atoms with E-state index in [1.165, 1.54) is 11.3 Å². The molecule has 1 aromatic heterocycles. The van der Waals surface area contributed by atoms with Crippen LogP contribution in [0.4, 0.5) is 10.8 Å². The van der Waals surface area contributed by atoms with Gasteiger partial charge in [-0.05, 0) is 45.0 Å². The van der Waals surface area contributed by atoms with Gasteiger partial charge in [0.2, 0.25) is 0 Å². The molecule has 0 bridgehead atoms. The highest BCUT2D eigenvalue weighted by atomic mass is 32.1. The summed E-state index contributed by atoms with van der Waals surface area (Å²) in [6.45, 7) is 8.52. The van der Waals surface area contributed by atoms with Gasteiger partial charge in [0.15, 0.2) is 10.7 Å². The van der Waals surface area contributed by atoms with E-state index in [9.17, 15) is 4.79 Å². The van der Waals surface area contributed by atoms with Crippen LogP contribution in [-0.4, -0.2) is 49.9 Å². The van der Waals surface area contributed by atoms with Crippen LogP contribution in [0.25, 0.3) is 10.2 Å². The monoisotopic (exact) mass is 441 g/mol. The molecule has 0 atom stereocenters. The molecule has 1 fully saturated rings. The quantitative estimate of drug-likeness (QED) is 0.617. The third kappa shape index (κ3) is 4.60. The second kappa shape index (κ2) is 8.72. The number of benzene rings is 2. The number of rotatable bonds is 6. The fraction of sp³-hybridized carbons (Fsp3) is 0.391. The van der Waals surface area contributed by atoms with Crippen molar-refractivity contribution < 1.29 is 19.0 Å². The Balaban J connectivity index is 1.58. The van der Waals surface area contributed by atoms with E-state index < -0.39 is 5.60 Å². The highest BCUT2D eigenvalue weighted by molar-refractivity contribution is 7.23. The molecule has 1 aliphatic heterocycles. The summed E-state index contributed by atoms with van der Waals surface area (Å²) >= 11 is 1.44. The minimum absolute atomic E-state index is 0.265. The van der Waals surface area contributed by atoms with Gasteiger partial charge < -0.3 is 19.1 Å². The van der Waals surface area contributed by atoms with Crippen molar-refractivity contribution in [1.29, 1.82) is 0 Å². The Labute approximate surface area is 185 Å². The molecule has 0 unspecified atom stereocenters. The van der Waals surface area contributed by atoms with Gasteiger partial charge in [0.1, 0.15) is 17.0 Å². The van der Waals surface area contributed by atoms with Gasteiger partial charge in [-0.2, -0.15) is 0 Å². The van der Waals surface area contributed by atoms with Crippen molar-refractivity contribution in [3.05, 3.63) is 42.0 Å². The van der Waals surface area contributed by atoms with Crippen LogP contribution in [-0.2, 0) is 9.53 Å². The first kappa shape index (κ1) is 21.4. The van der Waals surface area contributed by atoms with Crippen molar-refractivity contribution in [3.8, 4) is 11.5 Å². The molecule has 0 spiro atoms. The maximum atomic E-state index is 13.0. The molecular formula is C23H27N3O4S. The van der Waals surface area contributed by atoms with E-state index in [-0.39, 0.29) is 5.91 Å². The number of carbonyl (C=O) groups excluding carboxylic acids is 1. The summed E-state index contributed by atoms with van der Waals surface area (Å²) in [4.78, 5) is 19.9. The minimum atomic E-state index is -1.07. The first-order valence-electron chi connectivity index (χ1n) is 10.2. The lowest BCUT2D eigenvalue weighted by Crippen LogP contribution is -2.42. The molecule has 8 heteroatoms. The predicted octanol–water partition coefficient (Wildman–Crippen LogP) is 4.25. The molecule has 1 amide bonds. The van der Waals surface area contributed by atoms with E-state index in [4.69, 9.17) is 14.2 Å². The molecule has 0 aliphatic carbocycles. The van der Waals surface area contributed by atoms with E-state index in [2.05, 4.69) is 15.2 Å². The van der Waals surface area contributed by atoms with Crippen LogP contribution in [0.3, 0.4) is 0 Å². The van der Waals surface area contributed by atoms with Gasteiger partial charge >= 0.3 is 0 Å². The number of nitrogens with one attached hydrogen (secondary N) is 1. The number of anilines is 2. The van der Waals surface area contributed by atoms with Crippen LogP contribution in [0, 0.1) is 6.92 Å². The number of thiazole rings is 1. The zero-order valence-electron chi connectivity index (χ0n) is 18.2. The van der Waals surface area contributed by atoms with Crippen LogP contribution in [0.1, 0.15) is 19.4 Å². The Morgan fingerprint density at radius 3 is 2.55 bits per heavy atom. The Morgan fingerprint density at radius 2 is 1.87 bits per heavy atom. The molecule has 1 saturated heterocycles. The number of aromatic nitrogens is 1. The van der Waals surface area contributed by atoms with Crippen LogP contribution in [0.2, 0.25) is 0 Å². The average molecular weight is 442 g/mol. The number of hydrogen-bond donors (Lipinski definition) is 1. The molecule has 7 nitrogen and oxygen atoms in total. The van der Waals surface area contributed by atoms with Crippen molar-refractivity contribution in [3.63, 3.8) is 0 Å². The standard InChI is InChI=1S/C23H27N3O4S/c1-15-5-7-16(8-6-15)30-23(2,3)21(27)25-22-24-19-18(28-4)10-9-17(20(19)31-22)26-11-13-29-14-12-26/h5-10H,11-14H2,1-4H3,(H,24,25,27). The number of nitrogens with zero attached hydrogens (tertiary/aromatic N) is 2. The number of aryl methyl sites for hydroxylation is 1. The normalized spacial score (nSPS) is 14.5. The summed E-state index contributed by atoms with van der Waals surface area (Å²) in [5, 5.41) is 3.44. The highest BCUT2D eigenvalue weighted by Crippen LogP contribution is 2.39. The Hall–Kier alpha value is -2.84. The van der Waals surface area contributed by atoms with Crippen molar-refractivity contribution in [1.82, 2.24) is 4.98 Å². The van der Waals surface area contributed by atoms with Gasteiger partial charge in [0.25, 0.3) is 5.91 Å². The molecule has 2 aromatic carbocycles. The fourth-order valence-corrected chi connectivity index (χ4v) is 4.45. The third-order valence-corrected chi connectivity index (χ3v) is 6.21. The molecule has 0 saturated carbocycles. The molecule has 1 aliphatic rings. The summed E-state index contributed by atoms with van der Waals surface area (Å²) in [5.74, 6) is 1.06. The number of carbonyl (C=O) groups is 1. The maximum Gasteiger partial charge on any atom is 0.269 e. The lowest BCUT2D eigenvalue weighted by atomic mass is 10.1. The van der Waals surface area contributed by atoms with Gasteiger partial charge in [0.05, 0.1) is 30.7 Å². The molecule has 1 N–H and O–H groups in total. The minimum Gasteiger partial charge on any atom is -0.494 e. The van der Waals surface area contributed by atoms with Crippen LogP contribution in [0.15, 0.2) is 36.4 Å². The Bertz CT molecular complexity index is 1070. The SMILES string of the molecule is COc1ccc(N2CCOCC2)c2sc(NC(=O)C(C)(C)Oc3ccc(C)cc3)nc12. The summed E-state index contributed by atoms with van der Waals surface area (Å²) in [6, 6.07) is 11.6. The summed E-state index contributed by atoms with van der Waals surface area (Å²) in [6.07, 6.45) is 0. The molecule has 0 radical (unpaired) electrons. The second-order valence-electron chi connectivity index (χ2n) is 7.96. The summed E-state index contributed by atoms with van der Waals surface area (Å²) in [7, 11) is 1.62. The van der Waals surface area contributed by atoms with E-state index in [1.807, 2.05) is 43.3 Å². The van der Waals surface area contributed by atoms with Crippen molar-refractivity contribution in [2.45, 2.75) is 26.4 Å². The number of amides is 1.